The Morgan fingerprint density at radius 2 is 2.00 bits per heavy atom. The van der Waals surface area contributed by atoms with Crippen molar-refractivity contribution in [2.45, 2.75) is 50.9 Å². The van der Waals surface area contributed by atoms with Crippen molar-refractivity contribution >= 4 is 17.5 Å². The third-order valence-electron chi connectivity index (χ3n) is 6.27. The highest BCUT2D eigenvalue weighted by atomic mass is 35.5. The number of alkyl halides is 3. The van der Waals surface area contributed by atoms with E-state index in [1.807, 2.05) is 18.3 Å². The summed E-state index contributed by atoms with van der Waals surface area (Å²) in [5.41, 5.74) is 2.34. The molecule has 2 aliphatic heterocycles. The van der Waals surface area contributed by atoms with Gasteiger partial charge in [0.15, 0.2) is 0 Å². The van der Waals surface area contributed by atoms with E-state index in [1.54, 1.807) is 11.8 Å². The van der Waals surface area contributed by atoms with Crippen LogP contribution in [0.4, 0.5) is 13.2 Å². The van der Waals surface area contributed by atoms with Crippen LogP contribution < -0.4 is 0 Å². The van der Waals surface area contributed by atoms with Crippen molar-refractivity contribution in [1.29, 1.82) is 0 Å². The van der Waals surface area contributed by atoms with Crippen molar-refractivity contribution in [3.05, 3.63) is 69.8 Å². The molecule has 0 aliphatic carbocycles. The van der Waals surface area contributed by atoms with E-state index in [0.29, 0.717) is 18.7 Å². The van der Waals surface area contributed by atoms with Crippen LogP contribution in [-0.4, -0.2) is 31.8 Å². The van der Waals surface area contributed by atoms with Crippen LogP contribution in [-0.2, 0) is 12.6 Å². The van der Waals surface area contributed by atoms with Crippen molar-refractivity contribution in [3.8, 4) is 11.4 Å². The van der Waals surface area contributed by atoms with Gasteiger partial charge in [0.05, 0.1) is 39.3 Å². The minimum Gasteiger partial charge on any atom is -0.360 e. The number of rotatable bonds is 2. The standard InChI is InChI=1S/C23H20ClF3N4O/c1-12-29-20(17-8-4-10-28-17)15-11-13-5-2-9-18(21(15)30-12)31(13)22(32)14-6-3-7-16(19(14)24)23(25,26)27/h3-4,6-8,10,13,18,28H,2,5,9,11H2,1H3. The number of aromatic amines is 1. The first-order valence-electron chi connectivity index (χ1n) is 10.4. The molecule has 5 rings (SSSR count). The number of carbonyl (C=O) groups is 1. The normalized spacial score (nSPS) is 20.2. The van der Waals surface area contributed by atoms with E-state index in [4.69, 9.17) is 11.6 Å². The molecule has 3 aromatic rings. The van der Waals surface area contributed by atoms with Crippen LogP contribution in [0.5, 0.6) is 0 Å². The number of fused-ring (bicyclic) bond motifs is 4. The van der Waals surface area contributed by atoms with E-state index in [1.165, 1.54) is 12.1 Å². The zero-order valence-corrected chi connectivity index (χ0v) is 18.0. The fraction of sp³-hybridized carbons (Fsp3) is 0.348. The van der Waals surface area contributed by atoms with Crippen LogP contribution in [0.1, 0.15) is 58.3 Å². The zero-order valence-electron chi connectivity index (χ0n) is 17.2. The van der Waals surface area contributed by atoms with Crippen molar-refractivity contribution < 1.29 is 18.0 Å². The second-order valence-electron chi connectivity index (χ2n) is 8.25. The zero-order chi connectivity index (χ0) is 22.6. The fourth-order valence-electron chi connectivity index (χ4n) is 4.94. The van der Waals surface area contributed by atoms with Gasteiger partial charge in [-0.1, -0.05) is 17.7 Å². The lowest BCUT2D eigenvalue weighted by Crippen LogP contribution is -2.50. The number of aromatic nitrogens is 3. The predicted molar refractivity (Wildman–Crippen MR) is 113 cm³/mol. The van der Waals surface area contributed by atoms with Gasteiger partial charge in [0, 0.05) is 17.8 Å². The van der Waals surface area contributed by atoms with Crippen LogP contribution in [0.15, 0.2) is 36.5 Å². The van der Waals surface area contributed by atoms with Crippen LogP contribution in [0, 0.1) is 6.92 Å². The number of hydrogen-bond acceptors (Lipinski definition) is 3. The summed E-state index contributed by atoms with van der Waals surface area (Å²) in [5, 5.41) is -0.556. The molecule has 5 nitrogen and oxygen atoms in total. The third-order valence-corrected chi connectivity index (χ3v) is 6.68. The quantitative estimate of drug-likeness (QED) is 0.530. The molecule has 0 radical (unpaired) electrons. The molecule has 0 spiro atoms. The number of nitrogens with zero attached hydrogens (tertiary/aromatic N) is 3. The number of carbonyl (C=O) groups excluding carboxylic acids is 1. The summed E-state index contributed by atoms with van der Waals surface area (Å²) in [4.78, 5) is 27.8. The molecule has 1 saturated heterocycles. The number of hydrogen-bond donors (Lipinski definition) is 1. The smallest absolute Gasteiger partial charge is 0.360 e. The summed E-state index contributed by atoms with van der Waals surface area (Å²) in [6.45, 7) is 1.80. The second kappa shape index (κ2) is 7.62. The van der Waals surface area contributed by atoms with E-state index >= 15 is 0 Å². The number of H-pyrrole nitrogens is 1. The van der Waals surface area contributed by atoms with Gasteiger partial charge in [0.2, 0.25) is 0 Å². The number of piperidine rings is 1. The summed E-state index contributed by atoms with van der Waals surface area (Å²) in [7, 11) is 0. The summed E-state index contributed by atoms with van der Waals surface area (Å²) in [5.74, 6) is 0.0982. The molecule has 2 unspecified atom stereocenters. The highest BCUT2D eigenvalue weighted by molar-refractivity contribution is 6.34. The first-order chi connectivity index (χ1) is 15.3. The van der Waals surface area contributed by atoms with Gasteiger partial charge in [0.25, 0.3) is 5.91 Å². The maximum Gasteiger partial charge on any atom is 0.417 e. The third kappa shape index (κ3) is 3.37. The molecule has 0 saturated carbocycles. The van der Waals surface area contributed by atoms with Gasteiger partial charge in [-0.3, -0.25) is 4.79 Å². The van der Waals surface area contributed by atoms with E-state index in [0.717, 1.165) is 41.6 Å². The molecule has 2 bridgehead atoms. The van der Waals surface area contributed by atoms with Crippen LogP contribution in [0.25, 0.3) is 11.4 Å². The van der Waals surface area contributed by atoms with Crippen LogP contribution in [0.2, 0.25) is 5.02 Å². The molecule has 1 fully saturated rings. The molecule has 1 amide bonds. The average Bonchev–Trinajstić information content (AvgIpc) is 3.27. The van der Waals surface area contributed by atoms with Gasteiger partial charge in [-0.05, 0) is 56.9 Å². The summed E-state index contributed by atoms with van der Waals surface area (Å²) in [6.07, 6.45) is 0.0998. The number of amides is 1. The SMILES string of the molecule is Cc1nc(-c2ccc[nH]2)c2c(n1)C1CCCC(C2)N1C(=O)c1cccc(C(F)(F)F)c1Cl. The van der Waals surface area contributed by atoms with Gasteiger partial charge in [-0.2, -0.15) is 13.2 Å². The largest absolute Gasteiger partial charge is 0.417 e. The first kappa shape index (κ1) is 21.0. The fourth-order valence-corrected chi connectivity index (χ4v) is 5.26. The Bertz CT molecular complexity index is 1190. The van der Waals surface area contributed by atoms with E-state index < -0.39 is 22.7 Å². The lowest BCUT2D eigenvalue weighted by molar-refractivity contribution is -0.137. The Hall–Kier alpha value is -2.87. The minimum absolute atomic E-state index is 0.128. The number of aryl methyl sites for hydroxylation is 1. The Morgan fingerprint density at radius 3 is 2.72 bits per heavy atom. The Balaban J connectivity index is 1.60. The topological polar surface area (TPSA) is 61.9 Å². The minimum atomic E-state index is -4.63. The lowest BCUT2D eigenvalue weighted by Gasteiger charge is -2.46. The van der Waals surface area contributed by atoms with Gasteiger partial charge >= 0.3 is 6.18 Å². The summed E-state index contributed by atoms with van der Waals surface area (Å²) in [6, 6.07) is 6.84. The molecule has 9 heteroatoms. The maximum absolute atomic E-state index is 13.5. The van der Waals surface area contributed by atoms with E-state index in [2.05, 4.69) is 15.0 Å². The molecule has 166 valence electrons. The lowest BCUT2D eigenvalue weighted by atomic mass is 9.81. The van der Waals surface area contributed by atoms with E-state index in [9.17, 15) is 18.0 Å². The molecule has 32 heavy (non-hydrogen) atoms. The second-order valence-corrected chi connectivity index (χ2v) is 8.63. The molecule has 2 aromatic heterocycles. The Morgan fingerprint density at radius 1 is 1.19 bits per heavy atom. The van der Waals surface area contributed by atoms with Crippen molar-refractivity contribution in [2.75, 3.05) is 0 Å². The maximum atomic E-state index is 13.5. The Kier molecular flexibility index (Phi) is 5.00. The van der Waals surface area contributed by atoms with Gasteiger partial charge in [0.1, 0.15) is 5.82 Å². The predicted octanol–water partition coefficient (Wildman–Crippen LogP) is 5.74. The first-order valence-corrected chi connectivity index (χ1v) is 10.8. The highest BCUT2D eigenvalue weighted by Crippen LogP contribution is 2.45. The molecule has 1 N–H and O–H groups in total. The van der Waals surface area contributed by atoms with Crippen LogP contribution >= 0.6 is 11.6 Å². The number of benzene rings is 1. The van der Waals surface area contributed by atoms with E-state index in [-0.39, 0.29) is 17.6 Å². The van der Waals surface area contributed by atoms with Gasteiger partial charge < -0.3 is 9.88 Å². The summed E-state index contributed by atoms with van der Waals surface area (Å²) >= 11 is 6.09. The molecule has 1 aromatic carbocycles. The number of nitrogens with one attached hydrogen (secondary N) is 1. The van der Waals surface area contributed by atoms with Crippen LogP contribution in [0.3, 0.4) is 0 Å². The number of halogens is 4. The van der Waals surface area contributed by atoms with Gasteiger partial charge in [-0.25, -0.2) is 9.97 Å². The Labute approximate surface area is 187 Å². The average molecular weight is 461 g/mol. The van der Waals surface area contributed by atoms with Crippen molar-refractivity contribution in [1.82, 2.24) is 19.9 Å². The molecular weight excluding hydrogens is 441 g/mol. The molecule has 4 heterocycles. The van der Waals surface area contributed by atoms with Crippen molar-refractivity contribution in [2.24, 2.45) is 0 Å². The van der Waals surface area contributed by atoms with Gasteiger partial charge in [-0.15, -0.1) is 0 Å². The van der Waals surface area contributed by atoms with Crippen molar-refractivity contribution in [3.63, 3.8) is 0 Å². The molecule has 2 atom stereocenters. The summed E-state index contributed by atoms with van der Waals surface area (Å²) < 4.78 is 40.1. The highest BCUT2D eigenvalue weighted by Gasteiger charge is 2.44. The molecular formula is C23H20ClF3N4O. The molecule has 2 aliphatic rings. The monoisotopic (exact) mass is 460 g/mol.